The van der Waals surface area contributed by atoms with Crippen molar-refractivity contribution >= 4 is 17.3 Å². The SMILES string of the molecule is CC(C)=CCC[C@]1(C)[C@@H](CC=C(C)C)C[C@]23C[C@@H](C(C)C)OC2=C(CC=C(C)C)C(=O)[C@]1(C(=O)c1ccccc1)C3=O. The standard InChI is InChI=1S/C38H50O4/c1-24(2)14-13-21-36(9)29(19-17-25(3)4)22-37-23-31(27(7)8)42-34(37)30(20-18-26(5)6)33(40)38(36,35(37)41)32(39)28-15-11-10-12-16-28/h10-12,14-18,27,29,31H,13,19-23H2,1-9H3/t29-,31-,36+,37-,38+/m0/s1. The number of allylic oxidation sites excluding steroid dienone is 8. The Kier molecular flexibility index (Phi) is 9.07. The van der Waals surface area contributed by atoms with E-state index in [4.69, 9.17) is 4.74 Å². The number of hydrogen-bond donors (Lipinski definition) is 0. The third-order valence-electron chi connectivity index (χ3n) is 10.1. The zero-order valence-electron chi connectivity index (χ0n) is 27.2. The van der Waals surface area contributed by atoms with Crippen LogP contribution in [0.4, 0.5) is 0 Å². The molecule has 42 heavy (non-hydrogen) atoms. The molecular weight excluding hydrogens is 520 g/mol. The number of carbonyl (C=O) groups is 3. The predicted molar refractivity (Wildman–Crippen MR) is 170 cm³/mol. The summed E-state index contributed by atoms with van der Waals surface area (Å²) in [4.78, 5) is 45.8. The summed E-state index contributed by atoms with van der Waals surface area (Å²) in [6.07, 6.45) is 9.71. The second kappa shape index (κ2) is 11.9. The Bertz CT molecular complexity index is 1360. The average molecular weight is 571 g/mol. The Morgan fingerprint density at radius 1 is 0.929 bits per heavy atom. The first-order valence-electron chi connectivity index (χ1n) is 15.7. The Morgan fingerprint density at radius 2 is 1.55 bits per heavy atom. The molecule has 4 heteroatoms. The minimum atomic E-state index is -1.81. The maximum absolute atomic E-state index is 15.4. The van der Waals surface area contributed by atoms with Gasteiger partial charge in [-0.1, -0.05) is 86.1 Å². The van der Waals surface area contributed by atoms with E-state index in [9.17, 15) is 0 Å². The van der Waals surface area contributed by atoms with Gasteiger partial charge in [-0.25, -0.2) is 0 Å². The van der Waals surface area contributed by atoms with Crippen LogP contribution in [0, 0.1) is 28.1 Å². The average Bonchev–Trinajstić information content (AvgIpc) is 3.31. The number of ketones is 3. The van der Waals surface area contributed by atoms with Crippen LogP contribution in [0.1, 0.15) is 111 Å². The normalized spacial score (nSPS) is 30.0. The molecule has 1 heterocycles. The van der Waals surface area contributed by atoms with Crippen molar-refractivity contribution in [2.45, 2.75) is 107 Å². The van der Waals surface area contributed by atoms with Crippen LogP contribution in [0.5, 0.6) is 0 Å². The third kappa shape index (κ3) is 5.09. The van der Waals surface area contributed by atoms with E-state index in [1.807, 2.05) is 38.1 Å². The van der Waals surface area contributed by atoms with Gasteiger partial charge in [-0.05, 0) is 90.9 Å². The number of ether oxygens (including phenoxy) is 1. The molecule has 2 fully saturated rings. The van der Waals surface area contributed by atoms with E-state index in [0.29, 0.717) is 55.4 Å². The highest BCUT2D eigenvalue weighted by Gasteiger charge is 2.77. The van der Waals surface area contributed by atoms with Gasteiger partial charge >= 0.3 is 0 Å². The molecule has 2 aliphatic carbocycles. The number of rotatable bonds is 10. The Labute approximate surface area is 253 Å². The second-order valence-corrected chi connectivity index (χ2v) is 14.2. The van der Waals surface area contributed by atoms with E-state index in [2.05, 4.69) is 60.6 Å². The summed E-state index contributed by atoms with van der Waals surface area (Å²) in [5, 5.41) is 0. The molecule has 1 aromatic rings. The van der Waals surface area contributed by atoms with Gasteiger partial charge < -0.3 is 4.74 Å². The predicted octanol–water partition coefficient (Wildman–Crippen LogP) is 9.18. The van der Waals surface area contributed by atoms with Gasteiger partial charge in [0.2, 0.25) is 0 Å². The first-order chi connectivity index (χ1) is 19.7. The fraction of sp³-hybridized carbons (Fsp3) is 0.553. The van der Waals surface area contributed by atoms with Crippen molar-refractivity contribution in [3.8, 4) is 0 Å². The molecule has 2 bridgehead atoms. The molecule has 0 N–H and O–H groups in total. The van der Waals surface area contributed by atoms with Gasteiger partial charge in [0.15, 0.2) is 22.8 Å². The molecule has 4 rings (SSSR count). The van der Waals surface area contributed by atoms with Crippen LogP contribution in [0.25, 0.3) is 0 Å². The molecule has 1 aliphatic heterocycles. The second-order valence-electron chi connectivity index (χ2n) is 14.2. The maximum atomic E-state index is 15.4. The molecule has 1 saturated carbocycles. The summed E-state index contributed by atoms with van der Waals surface area (Å²) < 4.78 is 6.65. The van der Waals surface area contributed by atoms with Crippen LogP contribution in [0.2, 0.25) is 0 Å². The van der Waals surface area contributed by atoms with Gasteiger partial charge in [0.05, 0.1) is 5.41 Å². The molecule has 4 nitrogen and oxygen atoms in total. The van der Waals surface area contributed by atoms with E-state index in [-0.39, 0.29) is 35.3 Å². The van der Waals surface area contributed by atoms with Crippen LogP contribution < -0.4 is 0 Å². The summed E-state index contributed by atoms with van der Waals surface area (Å²) in [7, 11) is 0. The van der Waals surface area contributed by atoms with E-state index >= 15 is 14.4 Å². The smallest absolute Gasteiger partial charge is 0.184 e. The molecule has 0 radical (unpaired) electrons. The van der Waals surface area contributed by atoms with Gasteiger partial charge in [-0.2, -0.15) is 0 Å². The lowest BCUT2D eigenvalue weighted by Crippen LogP contribution is -2.70. The number of benzene rings is 1. The quantitative estimate of drug-likeness (QED) is 0.160. The van der Waals surface area contributed by atoms with Crippen molar-refractivity contribution in [1.82, 2.24) is 0 Å². The lowest BCUT2D eigenvalue weighted by atomic mass is 9.38. The highest BCUT2D eigenvalue weighted by molar-refractivity contribution is 6.36. The molecule has 226 valence electrons. The van der Waals surface area contributed by atoms with Gasteiger partial charge in [0, 0.05) is 17.6 Å². The van der Waals surface area contributed by atoms with Crippen molar-refractivity contribution in [2.75, 3.05) is 0 Å². The summed E-state index contributed by atoms with van der Waals surface area (Å²) in [5.41, 5.74) is 0.745. The lowest BCUT2D eigenvalue weighted by molar-refractivity contribution is -0.165. The van der Waals surface area contributed by atoms with Crippen LogP contribution in [0.15, 0.2) is 76.6 Å². The fourth-order valence-corrected chi connectivity index (χ4v) is 7.74. The molecule has 0 unspecified atom stereocenters. The first kappa shape index (κ1) is 31.9. The van der Waals surface area contributed by atoms with Crippen LogP contribution >= 0.6 is 0 Å². The topological polar surface area (TPSA) is 60.4 Å². The van der Waals surface area contributed by atoms with E-state index < -0.39 is 16.2 Å². The highest BCUT2D eigenvalue weighted by atomic mass is 16.5. The lowest BCUT2D eigenvalue weighted by Gasteiger charge is -2.60. The Hall–Kier alpha value is -3.01. The third-order valence-corrected chi connectivity index (χ3v) is 10.1. The van der Waals surface area contributed by atoms with Crippen molar-refractivity contribution in [3.63, 3.8) is 0 Å². The first-order valence-corrected chi connectivity index (χ1v) is 15.7. The monoisotopic (exact) mass is 570 g/mol. The number of Topliss-reactive ketones (excluding diaryl/α,β-unsaturated/α-hetero) is 3. The molecule has 1 spiro atoms. The molecule has 0 amide bonds. The summed E-state index contributed by atoms with van der Waals surface area (Å²) in [6.45, 7) is 18.6. The van der Waals surface area contributed by atoms with Crippen molar-refractivity contribution in [1.29, 1.82) is 0 Å². The molecule has 5 atom stereocenters. The largest absolute Gasteiger partial charge is 0.493 e. The zero-order valence-corrected chi connectivity index (χ0v) is 27.2. The van der Waals surface area contributed by atoms with Gasteiger partial charge in [-0.15, -0.1) is 0 Å². The van der Waals surface area contributed by atoms with Gasteiger partial charge in [0.1, 0.15) is 11.9 Å². The fourth-order valence-electron chi connectivity index (χ4n) is 7.74. The van der Waals surface area contributed by atoms with Crippen molar-refractivity contribution in [2.24, 2.45) is 28.1 Å². The number of hydrogen-bond acceptors (Lipinski definition) is 4. The van der Waals surface area contributed by atoms with Crippen molar-refractivity contribution in [3.05, 3.63) is 82.2 Å². The molecule has 3 aliphatic rings. The summed E-state index contributed by atoms with van der Waals surface area (Å²) in [6, 6.07) is 9.03. The maximum Gasteiger partial charge on any atom is 0.184 e. The molecule has 1 saturated heterocycles. The van der Waals surface area contributed by atoms with Crippen LogP contribution in [0.3, 0.4) is 0 Å². The zero-order chi connectivity index (χ0) is 31.0. The molecule has 0 aromatic heterocycles. The van der Waals surface area contributed by atoms with Crippen LogP contribution in [-0.2, 0) is 14.3 Å². The van der Waals surface area contributed by atoms with E-state index in [0.717, 1.165) is 5.57 Å². The minimum Gasteiger partial charge on any atom is -0.493 e. The highest BCUT2D eigenvalue weighted by Crippen LogP contribution is 2.70. The minimum absolute atomic E-state index is 0.0539. The van der Waals surface area contributed by atoms with Crippen LogP contribution in [-0.4, -0.2) is 23.5 Å². The van der Waals surface area contributed by atoms with E-state index in [1.165, 1.54) is 11.1 Å². The van der Waals surface area contributed by atoms with Crippen molar-refractivity contribution < 1.29 is 19.1 Å². The Morgan fingerprint density at radius 3 is 2.12 bits per heavy atom. The summed E-state index contributed by atoms with van der Waals surface area (Å²) in [5.74, 6) is -0.232. The summed E-state index contributed by atoms with van der Waals surface area (Å²) >= 11 is 0. The van der Waals surface area contributed by atoms with E-state index in [1.54, 1.807) is 12.1 Å². The molecule has 1 aromatic carbocycles. The number of carbonyl (C=O) groups excluding carboxylic acids is 3. The number of fused-ring (bicyclic) bond motifs is 1. The Balaban J connectivity index is 2.10. The molecular formula is C38H50O4. The van der Waals surface area contributed by atoms with Gasteiger partial charge in [-0.3, -0.25) is 14.4 Å². The van der Waals surface area contributed by atoms with Gasteiger partial charge in [0.25, 0.3) is 0 Å².